The Hall–Kier alpha value is -1.79. The number of aromatic carboxylic acids is 1. The third kappa shape index (κ3) is 1.93. The summed E-state index contributed by atoms with van der Waals surface area (Å²) in [5, 5.41) is 11.0. The van der Waals surface area contributed by atoms with Gasteiger partial charge in [0.15, 0.2) is 0 Å². The second kappa shape index (κ2) is 3.95. The second-order valence-electron chi connectivity index (χ2n) is 2.35. The highest BCUT2D eigenvalue weighted by Gasteiger charge is 2.20. The molecule has 1 aromatic rings. The highest BCUT2D eigenvalue weighted by molar-refractivity contribution is 5.88. The molecular weight excluding hydrogens is 196 g/mol. The lowest BCUT2D eigenvalue weighted by Crippen LogP contribution is -2.09. The lowest BCUT2D eigenvalue weighted by Gasteiger charge is -2.05. The molecule has 0 saturated heterocycles. The van der Waals surface area contributed by atoms with Gasteiger partial charge >= 0.3 is 5.97 Å². The summed E-state index contributed by atoms with van der Waals surface area (Å²) < 4.78 is 24.6. The van der Waals surface area contributed by atoms with E-state index in [1.54, 1.807) is 0 Å². The van der Waals surface area contributed by atoms with Crippen LogP contribution in [-0.2, 0) is 0 Å². The first-order valence-corrected chi connectivity index (χ1v) is 3.62. The third-order valence-corrected chi connectivity index (χ3v) is 1.48. The van der Waals surface area contributed by atoms with E-state index in [2.05, 4.69) is 15.3 Å². The SMILES string of the molecule is CNc1ncc(C(=O)O)c(C(F)F)n1. The van der Waals surface area contributed by atoms with E-state index in [-0.39, 0.29) is 5.95 Å². The zero-order valence-corrected chi connectivity index (χ0v) is 7.16. The summed E-state index contributed by atoms with van der Waals surface area (Å²) in [5.74, 6) is -1.51. The predicted molar refractivity (Wildman–Crippen MR) is 43.5 cm³/mol. The minimum atomic E-state index is -2.93. The van der Waals surface area contributed by atoms with Gasteiger partial charge in [0.25, 0.3) is 6.43 Å². The quantitative estimate of drug-likeness (QED) is 0.770. The smallest absolute Gasteiger partial charge is 0.339 e. The number of aromatic nitrogens is 2. The molecule has 0 saturated carbocycles. The number of halogens is 2. The second-order valence-corrected chi connectivity index (χ2v) is 2.35. The molecule has 1 aromatic heterocycles. The van der Waals surface area contributed by atoms with Crippen molar-refractivity contribution in [3.8, 4) is 0 Å². The van der Waals surface area contributed by atoms with Gasteiger partial charge in [0.2, 0.25) is 5.95 Å². The number of hydrogen-bond donors (Lipinski definition) is 2. The Labute approximate surface area is 77.8 Å². The highest BCUT2D eigenvalue weighted by atomic mass is 19.3. The van der Waals surface area contributed by atoms with E-state index in [1.807, 2.05) is 0 Å². The molecule has 0 aliphatic heterocycles. The minimum Gasteiger partial charge on any atom is -0.478 e. The fourth-order valence-corrected chi connectivity index (χ4v) is 0.847. The Morgan fingerprint density at radius 1 is 1.64 bits per heavy atom. The van der Waals surface area contributed by atoms with Crippen LogP contribution in [0.5, 0.6) is 0 Å². The lowest BCUT2D eigenvalue weighted by atomic mass is 10.2. The van der Waals surface area contributed by atoms with Gasteiger partial charge in [-0.3, -0.25) is 0 Å². The van der Waals surface area contributed by atoms with Gasteiger partial charge in [-0.15, -0.1) is 0 Å². The molecule has 0 fully saturated rings. The van der Waals surface area contributed by atoms with Gasteiger partial charge in [0, 0.05) is 13.2 Å². The number of alkyl halides is 2. The standard InChI is InChI=1S/C7H7F2N3O2/c1-10-7-11-2-3(6(13)14)4(12-7)5(8)9/h2,5H,1H3,(H,13,14)(H,10,11,12). The van der Waals surface area contributed by atoms with E-state index >= 15 is 0 Å². The van der Waals surface area contributed by atoms with E-state index in [1.165, 1.54) is 7.05 Å². The van der Waals surface area contributed by atoms with Crippen molar-refractivity contribution >= 4 is 11.9 Å². The van der Waals surface area contributed by atoms with Crippen molar-refractivity contribution in [1.82, 2.24) is 9.97 Å². The molecule has 0 unspecified atom stereocenters. The summed E-state index contributed by atoms with van der Waals surface area (Å²) in [7, 11) is 1.45. The van der Waals surface area contributed by atoms with Crippen molar-refractivity contribution in [2.45, 2.75) is 6.43 Å². The average Bonchev–Trinajstić information content (AvgIpc) is 2.16. The highest BCUT2D eigenvalue weighted by Crippen LogP contribution is 2.21. The van der Waals surface area contributed by atoms with Gasteiger partial charge in [0.05, 0.1) is 0 Å². The lowest BCUT2D eigenvalue weighted by molar-refractivity contribution is 0.0681. The van der Waals surface area contributed by atoms with Crippen molar-refractivity contribution in [2.75, 3.05) is 12.4 Å². The summed E-state index contributed by atoms with van der Waals surface area (Å²) >= 11 is 0. The van der Waals surface area contributed by atoms with E-state index in [4.69, 9.17) is 5.11 Å². The number of carboxylic acid groups (broad SMARTS) is 1. The topological polar surface area (TPSA) is 75.1 Å². The molecule has 0 spiro atoms. The molecule has 0 aliphatic rings. The van der Waals surface area contributed by atoms with E-state index in [0.717, 1.165) is 6.20 Å². The van der Waals surface area contributed by atoms with E-state index in [0.29, 0.717) is 0 Å². The van der Waals surface area contributed by atoms with Gasteiger partial charge in [-0.2, -0.15) is 0 Å². The number of nitrogens with zero attached hydrogens (tertiary/aromatic N) is 2. The summed E-state index contributed by atoms with van der Waals surface area (Å²) in [6.45, 7) is 0. The van der Waals surface area contributed by atoms with Gasteiger partial charge in [0.1, 0.15) is 11.3 Å². The summed E-state index contributed by atoms with van der Waals surface area (Å²) in [4.78, 5) is 17.4. The zero-order chi connectivity index (χ0) is 10.7. The van der Waals surface area contributed by atoms with Crippen molar-refractivity contribution in [3.63, 3.8) is 0 Å². The van der Waals surface area contributed by atoms with Crippen LogP contribution < -0.4 is 5.32 Å². The molecule has 5 nitrogen and oxygen atoms in total. The maximum Gasteiger partial charge on any atom is 0.339 e. The van der Waals surface area contributed by atoms with Crippen LogP contribution in [-0.4, -0.2) is 28.1 Å². The molecule has 0 aliphatic carbocycles. The van der Waals surface area contributed by atoms with Crippen molar-refractivity contribution < 1.29 is 18.7 Å². The predicted octanol–water partition coefficient (Wildman–Crippen LogP) is 1.15. The summed E-state index contributed by atoms with van der Waals surface area (Å²) in [5.41, 5.74) is -1.36. The summed E-state index contributed by atoms with van der Waals surface area (Å²) in [6.07, 6.45) is -2.08. The fraction of sp³-hybridized carbons (Fsp3) is 0.286. The maximum atomic E-state index is 12.3. The fourth-order valence-electron chi connectivity index (χ4n) is 0.847. The Bertz CT molecular complexity index is 357. The van der Waals surface area contributed by atoms with E-state index < -0.39 is 23.7 Å². The number of rotatable bonds is 3. The molecular formula is C7H7F2N3O2. The van der Waals surface area contributed by atoms with Gasteiger partial charge in [-0.25, -0.2) is 23.5 Å². The van der Waals surface area contributed by atoms with Crippen LogP contribution >= 0.6 is 0 Å². The van der Waals surface area contributed by atoms with Gasteiger partial charge in [-0.05, 0) is 0 Å². The van der Waals surface area contributed by atoms with Crippen molar-refractivity contribution in [2.24, 2.45) is 0 Å². The van der Waals surface area contributed by atoms with Crippen molar-refractivity contribution in [1.29, 1.82) is 0 Å². The first kappa shape index (κ1) is 10.3. The number of carbonyl (C=O) groups is 1. The first-order valence-electron chi connectivity index (χ1n) is 3.62. The summed E-state index contributed by atoms with van der Waals surface area (Å²) in [6, 6.07) is 0. The monoisotopic (exact) mass is 203 g/mol. The number of carboxylic acids is 1. The van der Waals surface area contributed by atoms with Crippen LogP contribution in [0.25, 0.3) is 0 Å². The Morgan fingerprint density at radius 2 is 2.29 bits per heavy atom. The van der Waals surface area contributed by atoms with Gasteiger partial charge in [-0.1, -0.05) is 0 Å². The number of hydrogen-bond acceptors (Lipinski definition) is 4. The molecule has 7 heteroatoms. The average molecular weight is 203 g/mol. The minimum absolute atomic E-state index is 0.0368. The number of nitrogens with one attached hydrogen (secondary N) is 1. The molecule has 0 bridgehead atoms. The Kier molecular flexibility index (Phi) is 2.90. The normalized spacial score (nSPS) is 10.3. The first-order chi connectivity index (χ1) is 6.56. The van der Waals surface area contributed by atoms with Crippen LogP contribution in [0.4, 0.5) is 14.7 Å². The van der Waals surface area contributed by atoms with Crippen LogP contribution in [0.1, 0.15) is 22.5 Å². The zero-order valence-electron chi connectivity index (χ0n) is 7.16. The Balaban J connectivity index is 3.24. The largest absolute Gasteiger partial charge is 0.478 e. The van der Waals surface area contributed by atoms with Crippen LogP contribution in [0.3, 0.4) is 0 Å². The van der Waals surface area contributed by atoms with Crippen LogP contribution in [0, 0.1) is 0 Å². The van der Waals surface area contributed by atoms with E-state index in [9.17, 15) is 13.6 Å². The maximum absolute atomic E-state index is 12.3. The molecule has 0 atom stereocenters. The van der Waals surface area contributed by atoms with Crippen LogP contribution in [0.2, 0.25) is 0 Å². The third-order valence-electron chi connectivity index (χ3n) is 1.48. The molecule has 14 heavy (non-hydrogen) atoms. The van der Waals surface area contributed by atoms with Gasteiger partial charge < -0.3 is 10.4 Å². The Morgan fingerprint density at radius 3 is 2.71 bits per heavy atom. The molecule has 0 aromatic carbocycles. The molecule has 2 N–H and O–H groups in total. The molecule has 76 valence electrons. The number of anilines is 1. The van der Waals surface area contributed by atoms with Crippen molar-refractivity contribution in [3.05, 3.63) is 17.5 Å². The molecule has 1 heterocycles. The molecule has 1 rings (SSSR count). The molecule has 0 radical (unpaired) electrons. The van der Waals surface area contributed by atoms with Crippen LogP contribution in [0.15, 0.2) is 6.20 Å². The molecule has 0 amide bonds.